The summed E-state index contributed by atoms with van der Waals surface area (Å²) in [6.45, 7) is 0. The monoisotopic (exact) mass is 324 g/mol. The molecule has 0 aromatic heterocycles. The Bertz CT molecular complexity index is 57.8. The average molecular weight is 324 g/mol. The molecule has 0 bridgehead atoms. The van der Waals surface area contributed by atoms with Crippen LogP contribution >= 0.6 is 0 Å². The average Bonchev–Trinajstić information content (AvgIpc) is 0.722. The van der Waals surface area contributed by atoms with E-state index < -0.39 is 14.5 Å². The van der Waals surface area contributed by atoms with Gasteiger partial charge < -0.3 is 0 Å². The molecule has 0 atom stereocenters. The largest absolute Gasteiger partial charge is 0 e. The number of hydrogen-bond acceptors (Lipinski definition) is 1. The van der Waals surface area contributed by atoms with Crippen molar-refractivity contribution in [3.63, 3.8) is 0 Å². The van der Waals surface area contributed by atoms with E-state index >= 15 is 0 Å². The first-order valence-electron chi connectivity index (χ1n) is 0.783. The van der Waals surface area contributed by atoms with Gasteiger partial charge in [0.05, 0.1) is 0 Å². The first-order chi connectivity index (χ1) is 2.00. The van der Waals surface area contributed by atoms with Crippen LogP contribution in [0.15, 0.2) is 0 Å². The van der Waals surface area contributed by atoms with Crippen molar-refractivity contribution >= 4 is 83.4 Å². The summed E-state index contributed by atoms with van der Waals surface area (Å²) in [7, 11) is 0. The minimum absolute atomic E-state index is 0. The Morgan fingerprint density at radius 3 is 1.14 bits per heavy atom. The van der Waals surface area contributed by atoms with Crippen LogP contribution in [-0.2, 0) is 25.5 Å². The van der Waals surface area contributed by atoms with E-state index in [0.29, 0.717) is 0 Å². The summed E-state index contributed by atoms with van der Waals surface area (Å²) >= 11 is -5.12. The summed E-state index contributed by atoms with van der Waals surface area (Å²) in [5, 5.41) is 0. The predicted octanol–water partition coefficient (Wildman–Crippen LogP) is -2.82. The van der Waals surface area contributed by atoms with Gasteiger partial charge in [0, 0.05) is 21.7 Å². The van der Waals surface area contributed by atoms with Crippen LogP contribution in [0.3, 0.4) is 0 Å². The third kappa shape index (κ3) is 48.9. The van der Waals surface area contributed by atoms with E-state index in [9.17, 15) is 0 Å². The van der Waals surface area contributed by atoms with Crippen LogP contribution in [0.1, 0.15) is 0 Å². The molecule has 0 fully saturated rings. The van der Waals surface area contributed by atoms with E-state index in [0.717, 1.165) is 0 Å². The molecule has 0 aromatic rings. The van der Waals surface area contributed by atoms with Gasteiger partial charge in [0.25, 0.3) is 0 Å². The molecule has 7 heteroatoms. The van der Waals surface area contributed by atoms with Crippen LogP contribution in [0.2, 0.25) is 0 Å². The zero-order valence-electron chi connectivity index (χ0n) is 2.70. The van der Waals surface area contributed by atoms with Crippen LogP contribution in [0, 0.1) is 0 Å². The minimum atomic E-state index is -5.12. The van der Waals surface area contributed by atoms with E-state index in [-0.39, 0.29) is 90.6 Å². The molecule has 0 unspecified atom stereocenters. The molecule has 0 heterocycles. The molecule has 7 heavy (non-hydrogen) atoms. The second-order valence-electron chi connectivity index (χ2n) is 0.513. The smallest absolute Gasteiger partial charge is 0 e. The summed E-state index contributed by atoms with van der Waals surface area (Å²) in [5.41, 5.74) is 0. The molecule has 0 saturated heterocycles. The Labute approximate surface area is 118 Å². The van der Waals surface area contributed by atoms with Gasteiger partial charge in [0.15, 0.2) is 0 Å². The minimum Gasteiger partial charge on any atom is 0 e. The van der Waals surface area contributed by atoms with Crippen molar-refractivity contribution in [1.29, 1.82) is 0 Å². The summed E-state index contributed by atoms with van der Waals surface area (Å²) in [4.78, 5) is 0. The number of hydrogen-bond donors (Lipinski definition) is 3. The van der Waals surface area contributed by atoms with Crippen molar-refractivity contribution in [2.24, 2.45) is 0 Å². The van der Waals surface area contributed by atoms with Gasteiger partial charge in [-0.05, 0) is 0 Å². The predicted molar refractivity (Wildman–Crippen MR) is 20.2 cm³/mol. The van der Waals surface area contributed by atoms with Gasteiger partial charge in [0.1, 0.15) is 0 Å². The third-order valence-corrected chi connectivity index (χ3v) is 0. The van der Waals surface area contributed by atoms with Crippen molar-refractivity contribution in [1.82, 2.24) is 0 Å². The molecule has 3 N–H and O–H groups in total. The van der Waals surface area contributed by atoms with Gasteiger partial charge in [-0.3, -0.25) is 0 Å². The fourth-order valence-corrected chi connectivity index (χ4v) is 0. The molecule has 0 aromatic carbocycles. The molecule has 0 saturated carbocycles. The molecule has 0 amide bonds. The van der Waals surface area contributed by atoms with Crippen LogP contribution < -0.4 is 0 Å². The zero-order chi connectivity index (χ0) is 4.50. The summed E-state index contributed by atoms with van der Waals surface area (Å²) in [5.74, 6) is 0. The van der Waals surface area contributed by atoms with E-state index in [1.54, 1.807) is 0 Å². The van der Waals surface area contributed by atoms with Gasteiger partial charge in [0.2, 0.25) is 0 Å². The molecule has 38 valence electrons. The Balaban J connectivity index is -0.0000000800. The van der Waals surface area contributed by atoms with Crippen LogP contribution in [0.25, 0.3) is 0 Å². The normalized spacial score (nSPS) is 8.43. The second-order valence-corrected chi connectivity index (χ2v) is 2.67. The van der Waals surface area contributed by atoms with Crippen LogP contribution in [0.5, 0.6) is 0 Å². The molecule has 0 rings (SSSR count). The van der Waals surface area contributed by atoms with E-state index in [2.05, 4.69) is 0 Å². The Hall–Kier alpha value is 3.00. The van der Waals surface area contributed by atoms with Crippen LogP contribution in [0.4, 0.5) is 0 Å². The molecule has 0 aliphatic heterocycles. The van der Waals surface area contributed by atoms with E-state index in [4.69, 9.17) is 16.0 Å². The molecule has 0 radical (unpaired) electrons. The van der Waals surface area contributed by atoms with Crippen molar-refractivity contribution in [3.8, 4) is 0 Å². The van der Waals surface area contributed by atoms with Gasteiger partial charge in [-0.15, -0.1) is 0 Å². The zero-order valence-corrected chi connectivity index (χ0v) is 6.14. The van der Waals surface area contributed by atoms with Gasteiger partial charge in [-0.2, -0.15) is 0 Å². The van der Waals surface area contributed by atoms with Crippen molar-refractivity contribution in [2.75, 3.05) is 0 Å². The summed E-state index contributed by atoms with van der Waals surface area (Å²) in [6, 6.07) is 0. The van der Waals surface area contributed by atoms with Crippen molar-refractivity contribution in [2.45, 2.75) is 0 Å². The Kier molecular flexibility index (Phi) is 16.8. The Morgan fingerprint density at radius 1 is 1.14 bits per heavy atom. The standard InChI is InChI=1S/AsH3O4.Cs.Ti.H/c2-1(3,4)5;;;/h(H3,2,3,4,5);;;. The maximum atomic E-state index is 8.94. The summed E-state index contributed by atoms with van der Waals surface area (Å²) < 4.78 is 30.7. The van der Waals surface area contributed by atoms with Crippen molar-refractivity contribution < 1.29 is 37.7 Å². The van der Waals surface area contributed by atoms with E-state index in [1.165, 1.54) is 0 Å². The Morgan fingerprint density at radius 2 is 1.14 bits per heavy atom. The SMILES string of the molecule is O=[As](O)(O)O.[CsH].[Ti]. The first-order valence-corrected chi connectivity index (χ1v) is 4.07. The van der Waals surface area contributed by atoms with Crippen LogP contribution in [-0.4, -0.2) is 95.7 Å². The van der Waals surface area contributed by atoms with Gasteiger partial charge in [-0.1, -0.05) is 0 Å². The first kappa shape index (κ1) is 16.5. The quantitative estimate of drug-likeness (QED) is 0.420. The molecule has 4 nitrogen and oxygen atoms in total. The maximum Gasteiger partial charge on any atom is 0 e. The number of rotatable bonds is 0. The fourth-order valence-electron chi connectivity index (χ4n) is 0. The molecule has 0 aliphatic rings. The third-order valence-electron chi connectivity index (χ3n) is 0. The molecule has 0 spiro atoms. The second kappa shape index (κ2) is 7.12. The summed E-state index contributed by atoms with van der Waals surface area (Å²) in [6.07, 6.45) is 0. The van der Waals surface area contributed by atoms with Crippen molar-refractivity contribution in [3.05, 3.63) is 0 Å². The maximum absolute atomic E-state index is 8.94. The molecular weight excluding hydrogens is 320 g/mol. The topological polar surface area (TPSA) is 77.8 Å². The molecule has 0 aliphatic carbocycles. The van der Waals surface area contributed by atoms with Gasteiger partial charge in [-0.25, -0.2) is 0 Å². The van der Waals surface area contributed by atoms with E-state index in [1.807, 2.05) is 0 Å². The van der Waals surface area contributed by atoms with Gasteiger partial charge >= 0.3 is 99.4 Å². The fraction of sp³-hybridized carbons (Fsp3) is 0. The molecular formula is H4AsCsO4Ti.